The normalized spacial score (nSPS) is 20.5. The smallest absolute Gasteiger partial charge is 0.253 e. The maximum atomic E-state index is 12.9. The molecular formula is C22H31N3O2. The van der Waals surface area contributed by atoms with Gasteiger partial charge in [-0.05, 0) is 45.2 Å². The number of piperidine rings is 1. The minimum Gasteiger partial charge on any atom is -0.355 e. The van der Waals surface area contributed by atoms with Crippen molar-refractivity contribution in [2.45, 2.75) is 33.1 Å². The molecule has 0 aromatic heterocycles. The number of hydrogen-bond acceptors (Lipinski definition) is 3. The highest BCUT2D eigenvalue weighted by molar-refractivity contribution is 5.95. The topological polar surface area (TPSA) is 52.7 Å². The standard InChI is InChI=1S/C22H31N3O2/c1-17-13-18(2)15-20(14-17)22(27)25-11-6-7-19(16-25)21(26)23-8-12-24-9-4-3-5-10-24/h3-4,13-15,19H,5-12,16H2,1-2H3,(H,23,26). The average molecular weight is 370 g/mol. The summed E-state index contributed by atoms with van der Waals surface area (Å²) in [5.74, 6) is 0.0229. The molecule has 3 rings (SSSR count). The van der Waals surface area contributed by atoms with Crippen LogP contribution >= 0.6 is 0 Å². The predicted octanol–water partition coefficient (Wildman–Crippen LogP) is 2.53. The van der Waals surface area contributed by atoms with E-state index in [1.807, 2.05) is 30.9 Å². The minimum atomic E-state index is -0.102. The van der Waals surface area contributed by atoms with Crippen LogP contribution in [-0.2, 0) is 4.79 Å². The van der Waals surface area contributed by atoms with E-state index >= 15 is 0 Å². The van der Waals surface area contributed by atoms with Gasteiger partial charge in [0, 0.05) is 44.8 Å². The highest BCUT2D eigenvalue weighted by Crippen LogP contribution is 2.20. The Hall–Kier alpha value is -2.14. The van der Waals surface area contributed by atoms with Crippen LogP contribution in [0.5, 0.6) is 0 Å². The van der Waals surface area contributed by atoms with Gasteiger partial charge in [0.2, 0.25) is 5.91 Å². The lowest BCUT2D eigenvalue weighted by Gasteiger charge is -2.32. The number of amides is 2. The largest absolute Gasteiger partial charge is 0.355 e. The first-order valence-electron chi connectivity index (χ1n) is 10.1. The van der Waals surface area contributed by atoms with Crippen molar-refractivity contribution in [3.63, 3.8) is 0 Å². The van der Waals surface area contributed by atoms with Crippen LogP contribution in [0.1, 0.15) is 40.7 Å². The average Bonchev–Trinajstić information content (AvgIpc) is 2.67. The second-order valence-corrected chi connectivity index (χ2v) is 7.82. The highest BCUT2D eigenvalue weighted by Gasteiger charge is 2.29. The van der Waals surface area contributed by atoms with Crippen molar-refractivity contribution in [2.75, 3.05) is 39.3 Å². The number of nitrogens with one attached hydrogen (secondary N) is 1. The minimum absolute atomic E-state index is 0.0411. The lowest BCUT2D eigenvalue weighted by Crippen LogP contribution is -2.46. The van der Waals surface area contributed by atoms with E-state index in [-0.39, 0.29) is 17.7 Å². The van der Waals surface area contributed by atoms with E-state index in [9.17, 15) is 9.59 Å². The Morgan fingerprint density at radius 3 is 2.59 bits per heavy atom. The monoisotopic (exact) mass is 369 g/mol. The van der Waals surface area contributed by atoms with E-state index in [1.165, 1.54) is 0 Å². The second-order valence-electron chi connectivity index (χ2n) is 7.82. The maximum absolute atomic E-state index is 12.9. The second kappa shape index (κ2) is 9.18. The number of rotatable bonds is 5. The van der Waals surface area contributed by atoms with Crippen molar-refractivity contribution in [3.05, 3.63) is 47.0 Å². The number of hydrogen-bond donors (Lipinski definition) is 1. The molecule has 5 heteroatoms. The van der Waals surface area contributed by atoms with Gasteiger partial charge in [-0.25, -0.2) is 0 Å². The van der Waals surface area contributed by atoms with Gasteiger partial charge in [0.05, 0.1) is 5.92 Å². The van der Waals surface area contributed by atoms with Crippen molar-refractivity contribution in [3.8, 4) is 0 Å². The van der Waals surface area contributed by atoms with Crippen LogP contribution in [0.25, 0.3) is 0 Å². The van der Waals surface area contributed by atoms with Crippen molar-refractivity contribution < 1.29 is 9.59 Å². The highest BCUT2D eigenvalue weighted by atomic mass is 16.2. The van der Waals surface area contributed by atoms with Gasteiger partial charge in [-0.3, -0.25) is 14.5 Å². The molecule has 0 bridgehead atoms. The summed E-state index contributed by atoms with van der Waals surface area (Å²) in [4.78, 5) is 29.6. The van der Waals surface area contributed by atoms with Crippen LogP contribution in [0.2, 0.25) is 0 Å². The molecule has 2 amide bonds. The number of carbonyl (C=O) groups is 2. The SMILES string of the molecule is Cc1cc(C)cc(C(=O)N2CCCC(C(=O)NCCN3CC=CCC3)C2)c1. The molecule has 27 heavy (non-hydrogen) atoms. The third kappa shape index (κ3) is 5.42. The van der Waals surface area contributed by atoms with Crippen LogP contribution in [0.4, 0.5) is 0 Å². The number of nitrogens with zero attached hydrogens (tertiary/aromatic N) is 2. The number of likely N-dealkylation sites (tertiary alicyclic amines) is 1. The fraction of sp³-hybridized carbons (Fsp3) is 0.545. The van der Waals surface area contributed by atoms with E-state index in [0.29, 0.717) is 13.1 Å². The van der Waals surface area contributed by atoms with Crippen LogP contribution < -0.4 is 5.32 Å². The predicted molar refractivity (Wildman–Crippen MR) is 108 cm³/mol. The Morgan fingerprint density at radius 1 is 1.11 bits per heavy atom. The molecule has 0 aliphatic carbocycles. The van der Waals surface area contributed by atoms with Gasteiger partial charge in [-0.1, -0.05) is 29.3 Å². The van der Waals surface area contributed by atoms with E-state index in [4.69, 9.17) is 0 Å². The van der Waals surface area contributed by atoms with Gasteiger partial charge in [-0.2, -0.15) is 0 Å². The molecule has 2 aliphatic rings. The van der Waals surface area contributed by atoms with Gasteiger partial charge in [-0.15, -0.1) is 0 Å². The lowest BCUT2D eigenvalue weighted by molar-refractivity contribution is -0.126. The molecule has 146 valence electrons. The molecule has 1 N–H and O–H groups in total. The maximum Gasteiger partial charge on any atom is 0.253 e. The molecule has 0 spiro atoms. The van der Waals surface area contributed by atoms with Crippen molar-refractivity contribution >= 4 is 11.8 Å². The fourth-order valence-electron chi connectivity index (χ4n) is 4.03. The van der Waals surface area contributed by atoms with Crippen molar-refractivity contribution in [1.29, 1.82) is 0 Å². The van der Waals surface area contributed by atoms with E-state index in [1.54, 1.807) is 0 Å². The Balaban J connectivity index is 1.51. The van der Waals surface area contributed by atoms with Crippen LogP contribution in [0, 0.1) is 19.8 Å². The number of carbonyl (C=O) groups excluding carboxylic acids is 2. The molecule has 1 aromatic rings. The summed E-state index contributed by atoms with van der Waals surface area (Å²) >= 11 is 0. The quantitative estimate of drug-likeness (QED) is 0.812. The summed E-state index contributed by atoms with van der Waals surface area (Å²) in [5, 5.41) is 3.07. The summed E-state index contributed by atoms with van der Waals surface area (Å²) in [7, 11) is 0. The van der Waals surface area contributed by atoms with E-state index in [2.05, 4.69) is 28.4 Å². The summed E-state index contributed by atoms with van der Waals surface area (Å²) < 4.78 is 0. The van der Waals surface area contributed by atoms with Gasteiger partial charge >= 0.3 is 0 Å². The molecule has 0 radical (unpaired) electrons. The van der Waals surface area contributed by atoms with Gasteiger partial charge < -0.3 is 10.2 Å². The first-order chi connectivity index (χ1) is 13.0. The van der Waals surface area contributed by atoms with Crippen LogP contribution in [-0.4, -0.2) is 60.9 Å². The van der Waals surface area contributed by atoms with Crippen LogP contribution in [0.15, 0.2) is 30.4 Å². The Labute approximate surface area is 162 Å². The summed E-state index contributed by atoms with van der Waals surface area (Å²) in [6, 6.07) is 5.94. The van der Waals surface area contributed by atoms with Gasteiger partial charge in [0.25, 0.3) is 5.91 Å². The first-order valence-corrected chi connectivity index (χ1v) is 10.1. The summed E-state index contributed by atoms with van der Waals surface area (Å²) in [6.45, 7) is 8.86. The van der Waals surface area contributed by atoms with Gasteiger partial charge in [0.1, 0.15) is 0 Å². The fourth-order valence-corrected chi connectivity index (χ4v) is 4.03. The Kier molecular flexibility index (Phi) is 6.67. The zero-order valence-electron chi connectivity index (χ0n) is 16.5. The molecule has 1 saturated heterocycles. The molecule has 1 atom stereocenters. The molecule has 1 fully saturated rings. The lowest BCUT2D eigenvalue weighted by atomic mass is 9.96. The van der Waals surface area contributed by atoms with E-state index < -0.39 is 0 Å². The third-order valence-corrected chi connectivity index (χ3v) is 5.42. The molecular weight excluding hydrogens is 338 g/mol. The Bertz CT molecular complexity index is 693. The molecule has 2 heterocycles. The number of aryl methyl sites for hydroxylation is 2. The van der Waals surface area contributed by atoms with Crippen molar-refractivity contribution in [1.82, 2.24) is 15.1 Å². The molecule has 1 aromatic carbocycles. The zero-order chi connectivity index (χ0) is 19.2. The van der Waals surface area contributed by atoms with E-state index in [0.717, 1.165) is 62.1 Å². The zero-order valence-corrected chi connectivity index (χ0v) is 16.5. The molecule has 2 aliphatic heterocycles. The molecule has 5 nitrogen and oxygen atoms in total. The van der Waals surface area contributed by atoms with Gasteiger partial charge in [0.15, 0.2) is 0 Å². The molecule has 1 unspecified atom stereocenters. The van der Waals surface area contributed by atoms with Crippen LogP contribution in [0.3, 0.4) is 0 Å². The molecule has 0 saturated carbocycles. The summed E-state index contributed by atoms with van der Waals surface area (Å²) in [5.41, 5.74) is 2.92. The summed E-state index contributed by atoms with van der Waals surface area (Å²) in [6.07, 6.45) is 7.22. The number of benzene rings is 1. The first kappa shape index (κ1) is 19.6. The van der Waals surface area contributed by atoms with Crippen molar-refractivity contribution in [2.24, 2.45) is 5.92 Å². The third-order valence-electron chi connectivity index (χ3n) is 5.42. The Morgan fingerprint density at radius 2 is 1.89 bits per heavy atom.